The summed E-state index contributed by atoms with van der Waals surface area (Å²) in [6.45, 7) is 2.27. The lowest BCUT2D eigenvalue weighted by Crippen LogP contribution is -2.28. The van der Waals surface area contributed by atoms with Crippen molar-refractivity contribution in [3.63, 3.8) is 0 Å². The molecule has 0 radical (unpaired) electrons. The molecule has 138 valence electrons. The molecule has 0 saturated heterocycles. The average molecular weight is 368 g/mol. The fourth-order valence-corrected chi connectivity index (χ4v) is 5.55. The molecule has 0 saturated carbocycles. The summed E-state index contributed by atoms with van der Waals surface area (Å²) in [4.78, 5) is 2.52. The van der Waals surface area contributed by atoms with Crippen molar-refractivity contribution < 1.29 is 4.74 Å². The Kier molecular flexibility index (Phi) is 5.56. The molecule has 3 heteroatoms. The number of nitrogens with zero attached hydrogens (tertiary/aromatic N) is 1. The Labute approximate surface area is 161 Å². The van der Waals surface area contributed by atoms with Crippen LogP contribution in [-0.4, -0.2) is 32.1 Å². The van der Waals surface area contributed by atoms with Gasteiger partial charge >= 0.3 is 0 Å². The second-order valence-corrected chi connectivity index (χ2v) is 8.71. The number of fused-ring (bicyclic) bond motifs is 2. The second kappa shape index (κ2) is 8.06. The number of methoxy groups -OCH3 is 1. The van der Waals surface area contributed by atoms with Gasteiger partial charge in [-0.15, -0.1) is 0 Å². The van der Waals surface area contributed by atoms with E-state index in [1.54, 1.807) is 18.2 Å². The third-order valence-corrected chi connectivity index (χ3v) is 6.94. The van der Waals surface area contributed by atoms with Crippen LogP contribution in [-0.2, 0) is 24.3 Å². The van der Waals surface area contributed by atoms with E-state index in [0.717, 1.165) is 31.7 Å². The highest BCUT2D eigenvalue weighted by atomic mass is 32.2. The molecule has 0 aromatic heterocycles. The van der Waals surface area contributed by atoms with Gasteiger partial charge in [-0.3, -0.25) is 0 Å². The summed E-state index contributed by atoms with van der Waals surface area (Å²) in [6, 6.07) is 13.7. The third kappa shape index (κ3) is 3.79. The van der Waals surface area contributed by atoms with Gasteiger partial charge in [-0.05, 0) is 72.5 Å². The zero-order valence-electron chi connectivity index (χ0n) is 16.0. The number of thioether (sulfide) groups is 1. The number of hydrogen-bond donors (Lipinski definition) is 0. The Morgan fingerprint density at radius 2 is 2.04 bits per heavy atom. The molecule has 4 rings (SSSR count). The molecule has 1 atom stereocenters. The van der Waals surface area contributed by atoms with Gasteiger partial charge in [0.05, 0.1) is 7.11 Å². The van der Waals surface area contributed by atoms with E-state index < -0.39 is 0 Å². The van der Waals surface area contributed by atoms with Crippen LogP contribution in [0.5, 0.6) is 5.75 Å². The Balaban J connectivity index is 1.38. The molecule has 1 unspecified atom stereocenters. The molecule has 0 spiro atoms. The van der Waals surface area contributed by atoms with Crippen LogP contribution in [0.4, 0.5) is 0 Å². The van der Waals surface area contributed by atoms with Crippen molar-refractivity contribution in [1.29, 1.82) is 0 Å². The monoisotopic (exact) mass is 367 g/mol. The first kappa shape index (κ1) is 17.9. The smallest absolute Gasteiger partial charge is 0.122 e. The van der Waals surface area contributed by atoms with E-state index in [9.17, 15) is 0 Å². The molecule has 0 fully saturated rings. The predicted octanol–water partition coefficient (Wildman–Crippen LogP) is 5.04. The first-order valence-corrected chi connectivity index (χ1v) is 10.9. The van der Waals surface area contributed by atoms with Gasteiger partial charge in [0.25, 0.3) is 0 Å². The minimum Gasteiger partial charge on any atom is -0.496 e. The van der Waals surface area contributed by atoms with Crippen LogP contribution in [0.15, 0.2) is 36.4 Å². The zero-order chi connectivity index (χ0) is 17.9. The Morgan fingerprint density at radius 1 is 1.15 bits per heavy atom. The molecular weight excluding hydrogens is 338 g/mol. The molecule has 1 heterocycles. The number of rotatable bonds is 6. The van der Waals surface area contributed by atoms with Crippen LogP contribution in [0.1, 0.15) is 46.6 Å². The lowest BCUT2D eigenvalue weighted by atomic mass is 9.82. The van der Waals surface area contributed by atoms with Crippen molar-refractivity contribution in [1.82, 2.24) is 4.90 Å². The standard InChI is InChI=1S/C23H29NOS/c1-24(12-11-17-9-10-19-15-26-16-20(19)13-17)14-18-5-3-7-22-21(18)6-4-8-23(22)25-2/h4,6,8-10,13,18H,3,5,7,11-12,14-16H2,1-2H3. The summed E-state index contributed by atoms with van der Waals surface area (Å²) in [5.41, 5.74) is 7.54. The summed E-state index contributed by atoms with van der Waals surface area (Å²) >= 11 is 2.04. The largest absolute Gasteiger partial charge is 0.496 e. The minimum atomic E-state index is 0.635. The Morgan fingerprint density at radius 3 is 2.92 bits per heavy atom. The average Bonchev–Trinajstić information content (AvgIpc) is 3.14. The number of hydrogen-bond acceptors (Lipinski definition) is 3. The van der Waals surface area contributed by atoms with Crippen LogP contribution in [0.2, 0.25) is 0 Å². The summed E-state index contributed by atoms with van der Waals surface area (Å²) < 4.78 is 5.59. The molecule has 1 aliphatic heterocycles. The van der Waals surface area contributed by atoms with E-state index in [-0.39, 0.29) is 0 Å². The molecule has 26 heavy (non-hydrogen) atoms. The quantitative estimate of drug-likeness (QED) is 0.710. The van der Waals surface area contributed by atoms with E-state index >= 15 is 0 Å². The van der Waals surface area contributed by atoms with Gasteiger partial charge in [-0.2, -0.15) is 11.8 Å². The summed E-state index contributed by atoms with van der Waals surface area (Å²) in [7, 11) is 4.07. The summed E-state index contributed by atoms with van der Waals surface area (Å²) in [5, 5.41) is 0. The maximum absolute atomic E-state index is 5.59. The first-order valence-electron chi connectivity index (χ1n) is 9.77. The van der Waals surface area contributed by atoms with Crippen LogP contribution in [0.3, 0.4) is 0 Å². The van der Waals surface area contributed by atoms with Crippen LogP contribution in [0.25, 0.3) is 0 Å². The highest BCUT2D eigenvalue weighted by Crippen LogP contribution is 2.37. The van der Waals surface area contributed by atoms with E-state index in [1.807, 2.05) is 11.8 Å². The number of likely N-dealkylation sites (N-methyl/N-ethyl adjacent to an activating group) is 1. The fourth-order valence-electron chi connectivity index (χ4n) is 4.46. The van der Waals surface area contributed by atoms with Crippen LogP contribution >= 0.6 is 11.8 Å². The Bertz CT molecular complexity index is 773. The molecule has 0 bridgehead atoms. The normalized spacial score (nSPS) is 18.7. The van der Waals surface area contributed by atoms with Gasteiger partial charge in [-0.1, -0.05) is 30.3 Å². The minimum absolute atomic E-state index is 0.635. The van der Waals surface area contributed by atoms with Gasteiger partial charge in [0.2, 0.25) is 0 Å². The van der Waals surface area contributed by atoms with Crippen molar-refractivity contribution >= 4 is 11.8 Å². The van der Waals surface area contributed by atoms with E-state index in [2.05, 4.69) is 48.3 Å². The molecular formula is C23H29NOS. The van der Waals surface area contributed by atoms with Crippen LogP contribution in [0, 0.1) is 0 Å². The van der Waals surface area contributed by atoms with Crippen molar-refractivity contribution in [2.45, 2.75) is 43.1 Å². The van der Waals surface area contributed by atoms with E-state index in [4.69, 9.17) is 4.74 Å². The SMILES string of the molecule is COc1cccc2c1CCCC2CN(C)CCc1ccc2c(c1)CSC2. The fraction of sp³-hybridized carbons (Fsp3) is 0.478. The highest BCUT2D eigenvalue weighted by Gasteiger charge is 2.23. The van der Waals surface area contributed by atoms with Crippen molar-refractivity contribution in [3.05, 3.63) is 64.2 Å². The highest BCUT2D eigenvalue weighted by molar-refractivity contribution is 7.98. The summed E-state index contributed by atoms with van der Waals surface area (Å²) in [6.07, 6.45) is 4.87. The molecule has 2 nitrogen and oxygen atoms in total. The van der Waals surface area contributed by atoms with Gasteiger partial charge in [-0.25, -0.2) is 0 Å². The van der Waals surface area contributed by atoms with Gasteiger partial charge in [0.15, 0.2) is 0 Å². The molecule has 0 N–H and O–H groups in total. The van der Waals surface area contributed by atoms with Crippen molar-refractivity contribution in [2.75, 3.05) is 27.2 Å². The molecule has 2 aromatic carbocycles. The first-order chi connectivity index (χ1) is 12.7. The Hall–Kier alpha value is -1.45. The van der Waals surface area contributed by atoms with Gasteiger partial charge < -0.3 is 9.64 Å². The molecule has 2 aliphatic rings. The van der Waals surface area contributed by atoms with E-state index in [0.29, 0.717) is 5.92 Å². The van der Waals surface area contributed by atoms with Crippen molar-refractivity contribution in [2.24, 2.45) is 0 Å². The van der Waals surface area contributed by atoms with E-state index in [1.165, 1.54) is 41.0 Å². The third-order valence-electron chi connectivity index (χ3n) is 5.91. The lowest BCUT2D eigenvalue weighted by Gasteiger charge is -2.30. The van der Waals surface area contributed by atoms with Gasteiger partial charge in [0, 0.05) is 24.6 Å². The lowest BCUT2D eigenvalue weighted by molar-refractivity contribution is 0.299. The van der Waals surface area contributed by atoms with Crippen molar-refractivity contribution in [3.8, 4) is 5.75 Å². The number of ether oxygens (including phenoxy) is 1. The number of benzene rings is 2. The molecule has 2 aromatic rings. The molecule has 0 amide bonds. The second-order valence-electron chi connectivity index (χ2n) is 7.73. The van der Waals surface area contributed by atoms with Gasteiger partial charge in [0.1, 0.15) is 5.75 Å². The predicted molar refractivity (Wildman–Crippen MR) is 111 cm³/mol. The molecule has 1 aliphatic carbocycles. The zero-order valence-corrected chi connectivity index (χ0v) is 16.8. The topological polar surface area (TPSA) is 12.5 Å². The van der Waals surface area contributed by atoms with Crippen LogP contribution < -0.4 is 4.74 Å². The maximum Gasteiger partial charge on any atom is 0.122 e. The maximum atomic E-state index is 5.59. The summed E-state index contributed by atoms with van der Waals surface area (Å²) in [5.74, 6) is 4.10.